The van der Waals surface area contributed by atoms with Crippen molar-refractivity contribution in [3.05, 3.63) is 0 Å². The van der Waals surface area contributed by atoms with Crippen molar-refractivity contribution in [2.75, 3.05) is 26.9 Å². The van der Waals surface area contributed by atoms with E-state index >= 15 is 0 Å². The van der Waals surface area contributed by atoms with E-state index in [9.17, 15) is 9.59 Å². The van der Waals surface area contributed by atoms with E-state index in [2.05, 4.69) is 0 Å². The van der Waals surface area contributed by atoms with E-state index in [1.807, 2.05) is 0 Å². The number of methoxy groups -OCH3 is 1. The number of hydrogen-bond donors (Lipinski definition) is 1. The highest BCUT2D eigenvalue weighted by molar-refractivity contribution is 5.87. The van der Waals surface area contributed by atoms with Gasteiger partial charge in [-0.2, -0.15) is 0 Å². The Morgan fingerprint density at radius 3 is 2.78 bits per heavy atom. The molecule has 2 N–H and O–H groups in total. The standard InChI is InChI=1S/C12H22N2O4/c1-3-18-12(16)10-6-4-5-7-14(10)11(15)9(13)8-17-2/h9-10H,3-8,13H2,1-2H3. The number of nitrogens with zero attached hydrogens (tertiary/aromatic N) is 1. The van der Waals surface area contributed by atoms with Crippen LogP contribution in [-0.4, -0.2) is 55.7 Å². The molecule has 104 valence electrons. The Bertz CT molecular complexity index is 296. The Balaban J connectivity index is 2.69. The normalized spacial score (nSPS) is 21.5. The van der Waals surface area contributed by atoms with Gasteiger partial charge in [0.2, 0.25) is 5.91 Å². The van der Waals surface area contributed by atoms with Gasteiger partial charge in [0.15, 0.2) is 0 Å². The molecule has 1 saturated heterocycles. The molecule has 0 aromatic heterocycles. The molecular formula is C12H22N2O4. The molecular weight excluding hydrogens is 236 g/mol. The Morgan fingerprint density at radius 2 is 2.17 bits per heavy atom. The van der Waals surface area contributed by atoms with Gasteiger partial charge in [0, 0.05) is 13.7 Å². The van der Waals surface area contributed by atoms with Gasteiger partial charge < -0.3 is 20.1 Å². The predicted octanol–water partition coefficient (Wildman–Crippen LogP) is -0.0957. The largest absolute Gasteiger partial charge is 0.464 e. The van der Waals surface area contributed by atoms with Crippen molar-refractivity contribution in [2.45, 2.75) is 38.3 Å². The Labute approximate surface area is 107 Å². The van der Waals surface area contributed by atoms with Crippen molar-refractivity contribution in [3.63, 3.8) is 0 Å². The van der Waals surface area contributed by atoms with Crippen molar-refractivity contribution in [1.29, 1.82) is 0 Å². The number of nitrogens with two attached hydrogens (primary N) is 1. The molecule has 0 aromatic rings. The van der Waals surface area contributed by atoms with Crippen LogP contribution in [0.3, 0.4) is 0 Å². The Kier molecular flexibility index (Phi) is 6.07. The number of carbonyl (C=O) groups excluding carboxylic acids is 2. The molecule has 0 aliphatic carbocycles. The average Bonchev–Trinajstić information content (AvgIpc) is 2.38. The maximum atomic E-state index is 12.1. The first kappa shape index (κ1) is 14.9. The summed E-state index contributed by atoms with van der Waals surface area (Å²) in [5, 5.41) is 0. The molecule has 1 rings (SSSR count). The third kappa shape index (κ3) is 3.68. The van der Waals surface area contributed by atoms with Crippen molar-refractivity contribution in [3.8, 4) is 0 Å². The number of amides is 1. The molecule has 1 aliphatic rings. The van der Waals surface area contributed by atoms with Gasteiger partial charge in [0.25, 0.3) is 0 Å². The van der Waals surface area contributed by atoms with Crippen LogP contribution in [0.15, 0.2) is 0 Å². The lowest BCUT2D eigenvalue weighted by Gasteiger charge is -2.35. The Hall–Kier alpha value is -1.14. The van der Waals surface area contributed by atoms with Crippen LogP contribution < -0.4 is 5.73 Å². The first-order valence-electron chi connectivity index (χ1n) is 6.33. The molecule has 1 heterocycles. The first-order chi connectivity index (χ1) is 8.61. The number of ether oxygens (including phenoxy) is 2. The molecule has 18 heavy (non-hydrogen) atoms. The molecule has 0 radical (unpaired) electrons. The van der Waals surface area contributed by atoms with Crippen LogP contribution in [0.25, 0.3) is 0 Å². The molecule has 6 nitrogen and oxygen atoms in total. The average molecular weight is 258 g/mol. The molecule has 2 unspecified atom stereocenters. The smallest absolute Gasteiger partial charge is 0.328 e. The summed E-state index contributed by atoms with van der Waals surface area (Å²) in [7, 11) is 1.49. The second-order valence-corrected chi connectivity index (χ2v) is 4.36. The van der Waals surface area contributed by atoms with Crippen LogP contribution in [0.5, 0.6) is 0 Å². The van der Waals surface area contributed by atoms with Gasteiger partial charge in [-0.05, 0) is 26.2 Å². The van der Waals surface area contributed by atoms with Gasteiger partial charge in [-0.1, -0.05) is 0 Å². The molecule has 0 saturated carbocycles. The lowest BCUT2D eigenvalue weighted by atomic mass is 10.0. The van der Waals surface area contributed by atoms with E-state index in [0.717, 1.165) is 12.8 Å². The minimum absolute atomic E-state index is 0.158. The summed E-state index contributed by atoms with van der Waals surface area (Å²) in [6.07, 6.45) is 2.46. The second kappa shape index (κ2) is 7.33. The number of carbonyl (C=O) groups is 2. The summed E-state index contributed by atoms with van der Waals surface area (Å²) >= 11 is 0. The summed E-state index contributed by atoms with van der Waals surface area (Å²) < 4.78 is 9.87. The number of esters is 1. The number of piperidine rings is 1. The van der Waals surface area contributed by atoms with Crippen molar-refractivity contribution >= 4 is 11.9 Å². The van der Waals surface area contributed by atoms with Crippen LogP contribution in [0.1, 0.15) is 26.2 Å². The quantitative estimate of drug-likeness (QED) is 0.697. The third-order valence-corrected chi connectivity index (χ3v) is 3.01. The Morgan fingerprint density at radius 1 is 1.44 bits per heavy atom. The van der Waals surface area contributed by atoms with Gasteiger partial charge >= 0.3 is 5.97 Å². The lowest BCUT2D eigenvalue weighted by molar-refractivity contribution is -0.157. The minimum atomic E-state index is -0.718. The van der Waals surface area contributed by atoms with E-state index in [1.54, 1.807) is 6.92 Å². The summed E-state index contributed by atoms with van der Waals surface area (Å²) in [5.74, 6) is -0.579. The molecule has 1 fully saturated rings. The summed E-state index contributed by atoms with van der Waals surface area (Å²) in [6.45, 7) is 2.79. The third-order valence-electron chi connectivity index (χ3n) is 3.01. The van der Waals surface area contributed by atoms with E-state index in [4.69, 9.17) is 15.2 Å². The molecule has 0 spiro atoms. The second-order valence-electron chi connectivity index (χ2n) is 4.36. The van der Waals surface area contributed by atoms with Crippen LogP contribution in [0.2, 0.25) is 0 Å². The zero-order chi connectivity index (χ0) is 13.5. The van der Waals surface area contributed by atoms with Crippen LogP contribution in [-0.2, 0) is 19.1 Å². The highest BCUT2D eigenvalue weighted by Gasteiger charge is 2.35. The molecule has 1 amide bonds. The van der Waals surface area contributed by atoms with Gasteiger partial charge in [-0.25, -0.2) is 4.79 Å². The SMILES string of the molecule is CCOC(=O)C1CCCCN1C(=O)C(N)COC. The fraction of sp³-hybridized carbons (Fsp3) is 0.833. The van der Waals surface area contributed by atoms with Gasteiger partial charge in [-0.15, -0.1) is 0 Å². The maximum absolute atomic E-state index is 12.1. The van der Waals surface area contributed by atoms with Crippen molar-refractivity contribution < 1.29 is 19.1 Å². The maximum Gasteiger partial charge on any atom is 0.328 e. The molecule has 6 heteroatoms. The van der Waals surface area contributed by atoms with Crippen LogP contribution >= 0.6 is 0 Å². The highest BCUT2D eigenvalue weighted by atomic mass is 16.5. The molecule has 0 bridgehead atoms. The lowest BCUT2D eigenvalue weighted by Crippen LogP contribution is -2.55. The monoisotopic (exact) mass is 258 g/mol. The topological polar surface area (TPSA) is 81.9 Å². The van der Waals surface area contributed by atoms with Crippen molar-refractivity contribution in [1.82, 2.24) is 4.90 Å². The fourth-order valence-corrected chi connectivity index (χ4v) is 2.14. The van der Waals surface area contributed by atoms with Gasteiger partial charge in [0.05, 0.1) is 13.2 Å². The zero-order valence-electron chi connectivity index (χ0n) is 11.1. The van der Waals surface area contributed by atoms with Gasteiger partial charge in [0.1, 0.15) is 12.1 Å². The summed E-state index contributed by atoms with van der Waals surface area (Å²) in [5.41, 5.74) is 5.73. The van der Waals surface area contributed by atoms with Gasteiger partial charge in [-0.3, -0.25) is 4.79 Å². The minimum Gasteiger partial charge on any atom is -0.464 e. The van der Waals surface area contributed by atoms with E-state index in [1.165, 1.54) is 12.0 Å². The predicted molar refractivity (Wildman–Crippen MR) is 65.8 cm³/mol. The molecule has 1 aliphatic heterocycles. The van der Waals surface area contributed by atoms with Crippen molar-refractivity contribution in [2.24, 2.45) is 5.73 Å². The first-order valence-corrected chi connectivity index (χ1v) is 6.33. The number of rotatable bonds is 5. The number of likely N-dealkylation sites (tertiary alicyclic amines) is 1. The van der Waals surface area contributed by atoms with E-state index in [0.29, 0.717) is 19.6 Å². The highest BCUT2D eigenvalue weighted by Crippen LogP contribution is 2.19. The molecule has 2 atom stereocenters. The zero-order valence-corrected chi connectivity index (χ0v) is 11.1. The van der Waals surface area contributed by atoms with E-state index in [-0.39, 0.29) is 18.5 Å². The summed E-state index contributed by atoms with van der Waals surface area (Å²) in [6, 6.07) is -1.21. The van der Waals surface area contributed by atoms with E-state index < -0.39 is 12.1 Å². The van der Waals surface area contributed by atoms with Crippen LogP contribution in [0.4, 0.5) is 0 Å². The molecule has 0 aromatic carbocycles. The number of hydrogen-bond acceptors (Lipinski definition) is 5. The fourth-order valence-electron chi connectivity index (χ4n) is 2.14. The van der Waals surface area contributed by atoms with Crippen LogP contribution in [0, 0.1) is 0 Å². The summed E-state index contributed by atoms with van der Waals surface area (Å²) in [4.78, 5) is 25.5.